The molecule has 0 bridgehead atoms. The van der Waals surface area contributed by atoms with Gasteiger partial charge in [0.15, 0.2) is 0 Å². The average Bonchev–Trinajstić information content (AvgIpc) is 3.40. The zero-order chi connectivity index (χ0) is 23.7. The fourth-order valence-corrected chi connectivity index (χ4v) is 4.67. The van der Waals surface area contributed by atoms with Crippen molar-refractivity contribution in [2.24, 2.45) is 0 Å². The third-order valence-electron chi connectivity index (χ3n) is 5.40. The van der Waals surface area contributed by atoms with Crippen molar-refractivity contribution in [1.82, 2.24) is 0 Å². The maximum absolute atomic E-state index is 13.2. The number of nitrogens with zero attached hydrogens (tertiary/aromatic N) is 2. The second-order valence-corrected chi connectivity index (χ2v) is 9.27. The van der Waals surface area contributed by atoms with Gasteiger partial charge in [0.1, 0.15) is 17.6 Å². The molecule has 1 aliphatic rings. The number of amides is 1. The van der Waals surface area contributed by atoms with Crippen LogP contribution in [0.5, 0.6) is 5.75 Å². The number of hydrogen-bond acceptors (Lipinski definition) is 6. The van der Waals surface area contributed by atoms with Crippen molar-refractivity contribution in [2.45, 2.75) is 26.0 Å². The molecule has 1 fully saturated rings. The van der Waals surface area contributed by atoms with Crippen LogP contribution in [0.1, 0.15) is 30.3 Å². The third kappa shape index (κ3) is 4.36. The van der Waals surface area contributed by atoms with E-state index in [0.29, 0.717) is 17.0 Å². The Labute approximate surface area is 197 Å². The van der Waals surface area contributed by atoms with Crippen molar-refractivity contribution in [2.75, 3.05) is 23.9 Å². The molecule has 1 aromatic heterocycles. The van der Waals surface area contributed by atoms with Crippen molar-refractivity contribution in [3.8, 4) is 5.75 Å². The highest BCUT2D eigenvalue weighted by molar-refractivity contribution is 7.10. The summed E-state index contributed by atoms with van der Waals surface area (Å²) in [7, 11) is 3.87. The fourth-order valence-electron chi connectivity index (χ4n) is 3.85. The zero-order valence-corrected chi connectivity index (χ0v) is 19.8. The smallest absolute Gasteiger partial charge is 0.300 e. The number of ketones is 1. The highest BCUT2D eigenvalue weighted by Gasteiger charge is 2.47. The number of carbonyl (C=O) groups is 2. The van der Waals surface area contributed by atoms with Crippen LogP contribution in [0.25, 0.3) is 5.76 Å². The lowest BCUT2D eigenvalue weighted by molar-refractivity contribution is -0.132. The number of Topliss-reactive ketones (excluding diaryl/α,β-unsaturated/α-hetero) is 1. The molecule has 0 radical (unpaired) electrons. The molecule has 1 amide bonds. The van der Waals surface area contributed by atoms with Crippen LogP contribution in [-0.2, 0) is 9.59 Å². The average molecular weight is 463 g/mol. The molecule has 2 heterocycles. The molecule has 33 heavy (non-hydrogen) atoms. The second kappa shape index (κ2) is 9.11. The Morgan fingerprint density at radius 2 is 1.70 bits per heavy atom. The summed E-state index contributed by atoms with van der Waals surface area (Å²) in [6, 6.07) is 17.3. The lowest BCUT2D eigenvalue weighted by Crippen LogP contribution is -2.29. The summed E-state index contributed by atoms with van der Waals surface area (Å²) in [6.07, 6.45) is 0.0208. The number of thiophene rings is 1. The molecule has 0 aliphatic carbocycles. The minimum absolute atomic E-state index is 0.0208. The maximum atomic E-state index is 13.2. The van der Waals surface area contributed by atoms with Crippen LogP contribution in [0.15, 0.2) is 71.6 Å². The summed E-state index contributed by atoms with van der Waals surface area (Å²) in [5.41, 5.74) is 2.11. The van der Waals surface area contributed by atoms with Crippen LogP contribution >= 0.6 is 11.3 Å². The van der Waals surface area contributed by atoms with Gasteiger partial charge in [-0.25, -0.2) is 0 Å². The van der Waals surface area contributed by atoms with Gasteiger partial charge in [0.05, 0.1) is 11.7 Å². The summed E-state index contributed by atoms with van der Waals surface area (Å²) in [6.45, 7) is 3.86. The molecule has 1 aliphatic heterocycles. The van der Waals surface area contributed by atoms with Gasteiger partial charge in [-0.3, -0.25) is 14.5 Å². The molecule has 1 unspecified atom stereocenters. The number of aliphatic hydroxyl groups is 1. The van der Waals surface area contributed by atoms with E-state index < -0.39 is 17.7 Å². The number of aliphatic hydroxyl groups excluding tert-OH is 1. The Balaban J connectivity index is 1.80. The Morgan fingerprint density at radius 1 is 1.03 bits per heavy atom. The van der Waals surface area contributed by atoms with Gasteiger partial charge in [0.25, 0.3) is 11.7 Å². The first-order valence-corrected chi connectivity index (χ1v) is 11.5. The van der Waals surface area contributed by atoms with Crippen LogP contribution in [0, 0.1) is 0 Å². The molecule has 4 rings (SSSR count). The quantitative estimate of drug-likeness (QED) is 0.309. The van der Waals surface area contributed by atoms with E-state index in [-0.39, 0.29) is 17.4 Å². The van der Waals surface area contributed by atoms with Crippen LogP contribution in [-0.4, -0.2) is 37.0 Å². The maximum Gasteiger partial charge on any atom is 0.300 e. The van der Waals surface area contributed by atoms with Gasteiger partial charge < -0.3 is 14.7 Å². The summed E-state index contributed by atoms with van der Waals surface area (Å²) in [5.74, 6) is -0.898. The predicted octanol–water partition coefficient (Wildman–Crippen LogP) is 5.23. The number of rotatable bonds is 6. The lowest BCUT2D eigenvalue weighted by atomic mass is 9.99. The molecule has 6 nitrogen and oxygen atoms in total. The predicted molar refractivity (Wildman–Crippen MR) is 132 cm³/mol. The Bertz CT molecular complexity index is 1180. The molecule has 1 saturated heterocycles. The first-order valence-electron chi connectivity index (χ1n) is 10.7. The third-order valence-corrected chi connectivity index (χ3v) is 6.33. The van der Waals surface area contributed by atoms with Crippen molar-refractivity contribution in [1.29, 1.82) is 0 Å². The molecule has 0 spiro atoms. The van der Waals surface area contributed by atoms with Gasteiger partial charge in [0.2, 0.25) is 0 Å². The second-order valence-electron chi connectivity index (χ2n) is 8.29. The van der Waals surface area contributed by atoms with Crippen molar-refractivity contribution in [3.05, 3.63) is 82.1 Å². The van der Waals surface area contributed by atoms with E-state index in [2.05, 4.69) is 0 Å². The number of ether oxygens (including phenoxy) is 1. The van der Waals surface area contributed by atoms with E-state index in [1.165, 1.54) is 16.2 Å². The van der Waals surface area contributed by atoms with Gasteiger partial charge in [-0.1, -0.05) is 6.07 Å². The Morgan fingerprint density at radius 3 is 2.24 bits per heavy atom. The van der Waals surface area contributed by atoms with E-state index in [0.717, 1.165) is 10.6 Å². The summed E-state index contributed by atoms with van der Waals surface area (Å²) in [5, 5.41) is 13.1. The highest BCUT2D eigenvalue weighted by Crippen LogP contribution is 2.43. The molecule has 7 heteroatoms. The molecule has 3 aromatic rings. The van der Waals surface area contributed by atoms with Crippen LogP contribution < -0.4 is 14.5 Å². The van der Waals surface area contributed by atoms with Gasteiger partial charge in [-0.2, -0.15) is 0 Å². The molecular weight excluding hydrogens is 436 g/mol. The van der Waals surface area contributed by atoms with E-state index in [4.69, 9.17) is 4.74 Å². The first-order chi connectivity index (χ1) is 15.8. The van der Waals surface area contributed by atoms with Crippen LogP contribution in [0.4, 0.5) is 11.4 Å². The Kier molecular flexibility index (Phi) is 6.24. The molecular formula is C26H26N2O4S. The zero-order valence-electron chi connectivity index (χ0n) is 19.0. The van der Waals surface area contributed by atoms with Gasteiger partial charge in [0, 0.05) is 35.9 Å². The van der Waals surface area contributed by atoms with E-state index >= 15 is 0 Å². The Hall–Kier alpha value is -3.58. The number of hydrogen-bond donors (Lipinski definition) is 1. The highest BCUT2D eigenvalue weighted by atomic mass is 32.1. The molecule has 0 saturated carbocycles. The van der Waals surface area contributed by atoms with Crippen molar-refractivity contribution in [3.63, 3.8) is 0 Å². The summed E-state index contributed by atoms with van der Waals surface area (Å²) < 4.78 is 5.67. The minimum Gasteiger partial charge on any atom is -0.507 e. The fraction of sp³-hybridized carbons (Fsp3) is 0.231. The molecule has 1 atom stereocenters. The normalized spacial score (nSPS) is 17.6. The summed E-state index contributed by atoms with van der Waals surface area (Å²) in [4.78, 5) is 30.5. The van der Waals surface area contributed by atoms with Crippen molar-refractivity contribution < 1.29 is 19.4 Å². The minimum atomic E-state index is -0.707. The van der Waals surface area contributed by atoms with Gasteiger partial charge in [-0.15, -0.1) is 11.3 Å². The van der Waals surface area contributed by atoms with Gasteiger partial charge >= 0.3 is 0 Å². The molecule has 170 valence electrons. The monoisotopic (exact) mass is 462 g/mol. The number of benzene rings is 2. The van der Waals surface area contributed by atoms with E-state index in [9.17, 15) is 14.7 Å². The number of carbonyl (C=O) groups excluding carboxylic acids is 2. The van der Waals surface area contributed by atoms with Crippen LogP contribution in [0.3, 0.4) is 0 Å². The molecule has 1 N–H and O–H groups in total. The van der Waals surface area contributed by atoms with Gasteiger partial charge in [-0.05, 0) is 73.8 Å². The lowest BCUT2D eigenvalue weighted by Gasteiger charge is -2.25. The van der Waals surface area contributed by atoms with Crippen LogP contribution in [0.2, 0.25) is 0 Å². The standard InChI is InChI=1S/C26H26N2O4S/c1-16(2)32-20-13-7-17(8-14-20)24(29)22-23(21-6-5-15-33-21)28(26(31)25(22)30)19-11-9-18(10-12-19)27(3)4/h5-16,23,29H,1-4H3/b24-22-. The molecule has 2 aromatic carbocycles. The SMILES string of the molecule is CC(C)Oc1ccc(/C(O)=C2/C(=O)C(=O)N(c3ccc(N(C)C)cc3)C2c2cccs2)cc1. The largest absolute Gasteiger partial charge is 0.507 e. The van der Waals surface area contributed by atoms with E-state index in [1.807, 2.05) is 74.6 Å². The summed E-state index contributed by atoms with van der Waals surface area (Å²) >= 11 is 1.44. The first kappa shape index (κ1) is 22.6. The van der Waals surface area contributed by atoms with Crippen molar-refractivity contribution >= 4 is 40.2 Å². The topological polar surface area (TPSA) is 70.1 Å². The number of anilines is 2. The van der Waals surface area contributed by atoms with E-state index in [1.54, 1.807) is 24.3 Å².